The summed E-state index contributed by atoms with van der Waals surface area (Å²) in [5.74, 6) is 0.343. The van der Waals surface area contributed by atoms with Crippen molar-refractivity contribution < 1.29 is 4.79 Å². The van der Waals surface area contributed by atoms with Crippen LogP contribution in [-0.4, -0.2) is 28.2 Å². The van der Waals surface area contributed by atoms with Crippen molar-refractivity contribution in [2.75, 3.05) is 13.1 Å². The molecule has 0 amide bonds. The summed E-state index contributed by atoms with van der Waals surface area (Å²) >= 11 is 1.58. The summed E-state index contributed by atoms with van der Waals surface area (Å²) < 4.78 is 2.11. The zero-order valence-corrected chi connectivity index (χ0v) is 9.37. The highest BCUT2D eigenvalue weighted by Gasteiger charge is 2.16. The molecule has 1 saturated heterocycles. The SMILES string of the molecule is O=C1CCCCN(Sc2ccccn2)C1. The Labute approximate surface area is 94.0 Å². The minimum absolute atomic E-state index is 0.343. The Kier molecular flexibility index (Phi) is 3.75. The van der Waals surface area contributed by atoms with Crippen molar-refractivity contribution in [3.05, 3.63) is 24.4 Å². The lowest BCUT2D eigenvalue weighted by Gasteiger charge is -2.16. The van der Waals surface area contributed by atoms with Crippen molar-refractivity contribution in [3.63, 3.8) is 0 Å². The molecule has 0 aromatic carbocycles. The third kappa shape index (κ3) is 3.32. The third-order valence-electron chi connectivity index (χ3n) is 2.33. The third-order valence-corrected chi connectivity index (χ3v) is 3.32. The second-order valence-electron chi connectivity index (χ2n) is 3.62. The van der Waals surface area contributed by atoms with Crippen LogP contribution in [0.2, 0.25) is 0 Å². The largest absolute Gasteiger partial charge is 0.298 e. The standard InChI is InChI=1S/C11H14N2OS/c14-10-5-2-4-8-13(9-10)15-11-6-1-3-7-12-11/h1,3,6-7H,2,4-5,8-9H2. The number of hydrogen-bond donors (Lipinski definition) is 0. The number of pyridine rings is 1. The van der Waals surface area contributed by atoms with Crippen molar-refractivity contribution in [3.8, 4) is 0 Å². The van der Waals surface area contributed by atoms with E-state index in [9.17, 15) is 4.79 Å². The molecule has 2 rings (SSSR count). The Morgan fingerprint density at radius 2 is 2.27 bits per heavy atom. The summed E-state index contributed by atoms with van der Waals surface area (Å²) in [4.78, 5) is 15.6. The van der Waals surface area contributed by atoms with E-state index in [4.69, 9.17) is 0 Å². The van der Waals surface area contributed by atoms with Gasteiger partial charge >= 0.3 is 0 Å². The molecule has 0 aliphatic carbocycles. The molecular formula is C11H14N2OS. The minimum atomic E-state index is 0.343. The van der Waals surface area contributed by atoms with Crippen LogP contribution in [0.3, 0.4) is 0 Å². The normalized spacial score (nSPS) is 18.8. The molecule has 80 valence electrons. The Morgan fingerprint density at radius 3 is 3.07 bits per heavy atom. The van der Waals surface area contributed by atoms with Crippen LogP contribution in [0.15, 0.2) is 29.4 Å². The van der Waals surface area contributed by atoms with Gasteiger partial charge in [-0.3, -0.25) is 4.79 Å². The molecule has 0 radical (unpaired) electrons. The van der Waals surface area contributed by atoms with Gasteiger partial charge in [0.2, 0.25) is 0 Å². The van der Waals surface area contributed by atoms with Crippen molar-refractivity contribution in [1.82, 2.24) is 9.29 Å². The van der Waals surface area contributed by atoms with Crippen LogP contribution < -0.4 is 0 Å². The van der Waals surface area contributed by atoms with Gasteiger partial charge in [-0.25, -0.2) is 9.29 Å². The molecule has 0 unspecified atom stereocenters. The summed E-state index contributed by atoms with van der Waals surface area (Å²) in [6.45, 7) is 1.54. The van der Waals surface area contributed by atoms with E-state index in [2.05, 4.69) is 9.29 Å². The van der Waals surface area contributed by atoms with E-state index in [1.54, 1.807) is 18.1 Å². The Bertz CT molecular complexity index is 329. The van der Waals surface area contributed by atoms with Gasteiger partial charge in [0.15, 0.2) is 0 Å². The number of carbonyl (C=O) groups is 1. The predicted octanol–water partition coefficient (Wildman–Crippen LogP) is 2.14. The van der Waals surface area contributed by atoms with Gasteiger partial charge in [0.05, 0.1) is 6.54 Å². The molecule has 3 nitrogen and oxygen atoms in total. The van der Waals surface area contributed by atoms with Gasteiger partial charge < -0.3 is 0 Å². The fraction of sp³-hybridized carbons (Fsp3) is 0.455. The number of rotatable bonds is 2. The Morgan fingerprint density at radius 1 is 1.33 bits per heavy atom. The molecule has 0 N–H and O–H groups in total. The summed E-state index contributed by atoms with van der Waals surface area (Å²) in [6, 6.07) is 5.84. The first-order chi connectivity index (χ1) is 7.34. The minimum Gasteiger partial charge on any atom is -0.298 e. The molecule has 0 bridgehead atoms. The molecule has 0 saturated carbocycles. The average Bonchev–Trinajstić information content (AvgIpc) is 2.44. The van der Waals surface area contributed by atoms with Gasteiger partial charge in [-0.15, -0.1) is 0 Å². The molecule has 1 fully saturated rings. The van der Waals surface area contributed by atoms with Crippen LogP contribution in [0.1, 0.15) is 19.3 Å². The average molecular weight is 222 g/mol. The zero-order chi connectivity index (χ0) is 10.5. The maximum atomic E-state index is 11.4. The van der Waals surface area contributed by atoms with E-state index >= 15 is 0 Å². The lowest BCUT2D eigenvalue weighted by atomic mass is 10.2. The van der Waals surface area contributed by atoms with Gasteiger partial charge in [0.25, 0.3) is 0 Å². The molecule has 2 heterocycles. The van der Waals surface area contributed by atoms with E-state index < -0.39 is 0 Å². The van der Waals surface area contributed by atoms with Crippen molar-refractivity contribution in [1.29, 1.82) is 0 Å². The lowest BCUT2D eigenvalue weighted by Crippen LogP contribution is -2.21. The fourth-order valence-corrected chi connectivity index (χ4v) is 2.52. The van der Waals surface area contributed by atoms with E-state index in [1.165, 1.54) is 0 Å². The van der Waals surface area contributed by atoms with Crippen molar-refractivity contribution >= 4 is 17.7 Å². The molecule has 1 aliphatic heterocycles. The molecule has 1 aromatic rings. The van der Waals surface area contributed by atoms with E-state index in [1.807, 2.05) is 18.2 Å². The molecule has 1 aromatic heterocycles. The van der Waals surface area contributed by atoms with Crippen LogP contribution in [0.25, 0.3) is 0 Å². The number of carbonyl (C=O) groups excluding carboxylic acids is 1. The molecule has 15 heavy (non-hydrogen) atoms. The van der Waals surface area contributed by atoms with Crippen molar-refractivity contribution in [2.45, 2.75) is 24.3 Å². The lowest BCUT2D eigenvalue weighted by molar-refractivity contribution is -0.118. The second-order valence-corrected chi connectivity index (χ2v) is 4.74. The number of Topliss-reactive ketones (excluding diaryl/α,β-unsaturated/α-hetero) is 1. The predicted molar refractivity (Wildman–Crippen MR) is 60.5 cm³/mol. The number of ketones is 1. The first-order valence-electron chi connectivity index (χ1n) is 5.20. The smallest absolute Gasteiger partial charge is 0.147 e. The maximum Gasteiger partial charge on any atom is 0.147 e. The molecule has 1 aliphatic rings. The van der Waals surface area contributed by atoms with Crippen molar-refractivity contribution in [2.24, 2.45) is 0 Å². The summed E-state index contributed by atoms with van der Waals surface area (Å²) in [5, 5.41) is 0.965. The van der Waals surface area contributed by atoms with Crippen LogP contribution >= 0.6 is 11.9 Å². The molecular weight excluding hydrogens is 208 g/mol. The maximum absolute atomic E-state index is 11.4. The van der Waals surface area contributed by atoms with Crippen LogP contribution in [0.4, 0.5) is 0 Å². The van der Waals surface area contributed by atoms with E-state index in [-0.39, 0.29) is 0 Å². The van der Waals surface area contributed by atoms with Crippen LogP contribution in [0.5, 0.6) is 0 Å². The summed E-state index contributed by atoms with van der Waals surface area (Å²) in [5.41, 5.74) is 0. The van der Waals surface area contributed by atoms with Gasteiger partial charge in [0, 0.05) is 19.2 Å². The van der Waals surface area contributed by atoms with Gasteiger partial charge in [-0.1, -0.05) is 6.07 Å². The van der Waals surface area contributed by atoms with Gasteiger partial charge in [0.1, 0.15) is 10.8 Å². The fourth-order valence-electron chi connectivity index (χ4n) is 1.58. The van der Waals surface area contributed by atoms with Gasteiger partial charge in [-0.2, -0.15) is 0 Å². The Hall–Kier alpha value is -0.870. The number of nitrogens with zero attached hydrogens (tertiary/aromatic N) is 2. The highest BCUT2D eigenvalue weighted by Crippen LogP contribution is 2.22. The molecule has 4 heteroatoms. The zero-order valence-electron chi connectivity index (χ0n) is 8.56. The first-order valence-corrected chi connectivity index (χ1v) is 5.97. The second kappa shape index (κ2) is 5.28. The molecule has 0 spiro atoms. The van der Waals surface area contributed by atoms with Crippen LogP contribution in [-0.2, 0) is 4.79 Å². The quantitative estimate of drug-likeness (QED) is 0.718. The summed E-state index contributed by atoms with van der Waals surface area (Å²) in [7, 11) is 0. The topological polar surface area (TPSA) is 33.2 Å². The monoisotopic (exact) mass is 222 g/mol. The van der Waals surface area contributed by atoms with Gasteiger partial charge in [-0.05, 0) is 36.9 Å². The van der Waals surface area contributed by atoms with E-state index in [0.717, 1.165) is 30.8 Å². The van der Waals surface area contributed by atoms with E-state index in [0.29, 0.717) is 12.3 Å². The Balaban J connectivity index is 1.96. The number of aromatic nitrogens is 1. The number of hydrogen-bond acceptors (Lipinski definition) is 4. The highest BCUT2D eigenvalue weighted by atomic mass is 32.2. The first kappa shape index (κ1) is 10.6. The molecule has 0 atom stereocenters. The van der Waals surface area contributed by atoms with Crippen LogP contribution in [0, 0.1) is 0 Å². The highest BCUT2D eigenvalue weighted by molar-refractivity contribution is 7.97. The summed E-state index contributed by atoms with van der Waals surface area (Å²) in [6.07, 6.45) is 4.64.